The molecule has 112 valence electrons. The summed E-state index contributed by atoms with van der Waals surface area (Å²) in [6, 6.07) is 3.47. The minimum Gasteiger partial charge on any atom is -0.461 e. The Bertz CT molecular complexity index is 607. The molecule has 0 spiro atoms. The van der Waals surface area contributed by atoms with E-state index in [1.54, 1.807) is 24.0 Å². The third-order valence-electron chi connectivity index (χ3n) is 3.73. The maximum atomic E-state index is 12.2. The van der Waals surface area contributed by atoms with Crippen LogP contribution >= 0.6 is 0 Å². The third kappa shape index (κ3) is 2.94. The van der Waals surface area contributed by atoms with Crippen molar-refractivity contribution in [3.8, 4) is 11.6 Å². The average Bonchev–Trinajstić information content (AvgIpc) is 3.19. The number of hydrogen-bond donors (Lipinski definition) is 1. The Labute approximate surface area is 121 Å². The predicted molar refractivity (Wildman–Crippen MR) is 71.9 cm³/mol. The summed E-state index contributed by atoms with van der Waals surface area (Å²) < 4.78 is 5.18. The zero-order chi connectivity index (χ0) is 14.8. The minimum absolute atomic E-state index is 0.0419. The van der Waals surface area contributed by atoms with Gasteiger partial charge in [-0.05, 0) is 30.7 Å². The monoisotopic (exact) mass is 291 g/mol. The van der Waals surface area contributed by atoms with E-state index in [2.05, 4.69) is 15.4 Å². The molecule has 1 amide bonds. The van der Waals surface area contributed by atoms with Crippen LogP contribution in [0.4, 0.5) is 0 Å². The highest BCUT2D eigenvalue weighted by Crippen LogP contribution is 2.20. The topological polar surface area (TPSA) is 97.3 Å². The van der Waals surface area contributed by atoms with Crippen LogP contribution in [0.1, 0.15) is 13.3 Å². The molecule has 0 bridgehead atoms. The fourth-order valence-corrected chi connectivity index (χ4v) is 2.44. The molecule has 0 aliphatic carbocycles. The van der Waals surface area contributed by atoms with E-state index in [0.29, 0.717) is 24.7 Å². The van der Waals surface area contributed by atoms with Crippen LogP contribution in [0.5, 0.6) is 0 Å². The molecule has 0 radical (unpaired) electrons. The normalized spacial score (nSPS) is 19.9. The molecule has 3 heterocycles. The predicted octanol–water partition coefficient (Wildman–Crippen LogP) is 0.162. The molecule has 1 aliphatic rings. The molecule has 1 fully saturated rings. The van der Waals surface area contributed by atoms with Crippen LogP contribution < -0.4 is 0 Å². The molecule has 1 N–H and O–H groups in total. The summed E-state index contributed by atoms with van der Waals surface area (Å²) in [6.07, 6.45) is 1.96. The lowest BCUT2D eigenvalue weighted by Gasteiger charge is -2.17. The van der Waals surface area contributed by atoms with Crippen LogP contribution in [-0.4, -0.2) is 55.3 Å². The Kier molecular flexibility index (Phi) is 3.70. The van der Waals surface area contributed by atoms with E-state index in [1.807, 2.05) is 0 Å². The molecule has 2 atom stereocenters. The Morgan fingerprint density at radius 2 is 2.48 bits per heavy atom. The van der Waals surface area contributed by atoms with E-state index in [9.17, 15) is 9.90 Å². The number of carbonyl (C=O) groups is 1. The van der Waals surface area contributed by atoms with E-state index in [0.717, 1.165) is 6.42 Å². The molecule has 2 aromatic rings. The lowest BCUT2D eigenvalue weighted by atomic mass is 10.0. The van der Waals surface area contributed by atoms with Crippen LogP contribution in [-0.2, 0) is 11.3 Å². The summed E-state index contributed by atoms with van der Waals surface area (Å²) in [6.45, 7) is 3.04. The standard InChI is InChI=1S/C13H17N5O3/c1-9(19)10-4-5-17(7-10)12(20)8-18-15-13(14-16-18)11-3-2-6-21-11/h2-3,6,9-10,19H,4-5,7-8H2,1H3. The van der Waals surface area contributed by atoms with Crippen LogP contribution in [0.3, 0.4) is 0 Å². The maximum Gasteiger partial charge on any atom is 0.246 e. The van der Waals surface area contributed by atoms with Crippen molar-refractivity contribution >= 4 is 5.91 Å². The van der Waals surface area contributed by atoms with Gasteiger partial charge in [-0.15, -0.1) is 10.2 Å². The van der Waals surface area contributed by atoms with Gasteiger partial charge in [-0.25, -0.2) is 0 Å². The number of furan rings is 1. The quantitative estimate of drug-likeness (QED) is 0.862. The fourth-order valence-electron chi connectivity index (χ4n) is 2.44. The molecule has 8 heteroatoms. The number of aliphatic hydroxyl groups excluding tert-OH is 1. The second kappa shape index (κ2) is 5.65. The number of amides is 1. The van der Waals surface area contributed by atoms with Gasteiger partial charge < -0.3 is 14.4 Å². The molecular formula is C13H17N5O3. The highest BCUT2D eigenvalue weighted by Gasteiger charge is 2.29. The van der Waals surface area contributed by atoms with Crippen molar-refractivity contribution < 1.29 is 14.3 Å². The Hall–Kier alpha value is -2.22. The smallest absolute Gasteiger partial charge is 0.246 e. The minimum atomic E-state index is -0.391. The van der Waals surface area contributed by atoms with Crippen molar-refractivity contribution in [2.24, 2.45) is 5.92 Å². The van der Waals surface area contributed by atoms with Gasteiger partial charge in [0.2, 0.25) is 11.7 Å². The van der Waals surface area contributed by atoms with Crippen molar-refractivity contribution in [3.63, 3.8) is 0 Å². The molecule has 2 aromatic heterocycles. The molecule has 1 aliphatic heterocycles. The maximum absolute atomic E-state index is 12.2. The number of rotatable bonds is 4. The number of hydrogen-bond acceptors (Lipinski definition) is 6. The highest BCUT2D eigenvalue weighted by atomic mass is 16.3. The van der Waals surface area contributed by atoms with Crippen molar-refractivity contribution in [3.05, 3.63) is 18.4 Å². The molecule has 21 heavy (non-hydrogen) atoms. The number of aliphatic hydroxyl groups is 1. The Morgan fingerprint density at radius 3 is 3.14 bits per heavy atom. The highest BCUT2D eigenvalue weighted by molar-refractivity contribution is 5.76. The first kappa shape index (κ1) is 13.7. The van der Waals surface area contributed by atoms with E-state index in [-0.39, 0.29) is 18.4 Å². The number of tetrazole rings is 1. The van der Waals surface area contributed by atoms with Crippen LogP contribution in [0, 0.1) is 5.92 Å². The van der Waals surface area contributed by atoms with Gasteiger partial charge in [0.1, 0.15) is 6.54 Å². The summed E-state index contributed by atoms with van der Waals surface area (Å²) in [5.74, 6) is 0.956. The van der Waals surface area contributed by atoms with Crippen LogP contribution in [0.25, 0.3) is 11.6 Å². The fraction of sp³-hybridized carbons (Fsp3) is 0.538. The lowest BCUT2D eigenvalue weighted by Crippen LogP contribution is -2.33. The second-order valence-corrected chi connectivity index (χ2v) is 5.25. The first-order valence-electron chi connectivity index (χ1n) is 6.91. The number of carbonyl (C=O) groups excluding carboxylic acids is 1. The van der Waals surface area contributed by atoms with Crippen LogP contribution in [0.15, 0.2) is 22.8 Å². The SMILES string of the molecule is CC(O)C1CCN(C(=O)Cn2nnc(-c3ccco3)n2)C1. The van der Waals surface area contributed by atoms with E-state index in [4.69, 9.17) is 4.42 Å². The summed E-state index contributed by atoms with van der Waals surface area (Å²) >= 11 is 0. The summed E-state index contributed by atoms with van der Waals surface area (Å²) in [5, 5.41) is 21.4. The number of aromatic nitrogens is 4. The molecule has 3 rings (SSSR count). The summed E-state index contributed by atoms with van der Waals surface area (Å²) in [7, 11) is 0. The second-order valence-electron chi connectivity index (χ2n) is 5.25. The molecule has 2 unspecified atom stereocenters. The van der Waals surface area contributed by atoms with Gasteiger partial charge in [0.25, 0.3) is 0 Å². The average molecular weight is 291 g/mol. The van der Waals surface area contributed by atoms with E-state index < -0.39 is 6.10 Å². The summed E-state index contributed by atoms with van der Waals surface area (Å²) in [5.41, 5.74) is 0. The van der Waals surface area contributed by atoms with Gasteiger partial charge in [-0.1, -0.05) is 0 Å². The lowest BCUT2D eigenvalue weighted by molar-refractivity contribution is -0.131. The molecule has 1 saturated heterocycles. The van der Waals surface area contributed by atoms with E-state index >= 15 is 0 Å². The van der Waals surface area contributed by atoms with Crippen molar-refractivity contribution in [1.82, 2.24) is 25.1 Å². The number of likely N-dealkylation sites (tertiary alicyclic amines) is 1. The third-order valence-corrected chi connectivity index (χ3v) is 3.73. The largest absolute Gasteiger partial charge is 0.461 e. The van der Waals surface area contributed by atoms with E-state index in [1.165, 1.54) is 11.1 Å². The molecule has 8 nitrogen and oxygen atoms in total. The first-order chi connectivity index (χ1) is 10.1. The van der Waals surface area contributed by atoms with Crippen molar-refractivity contribution in [2.75, 3.05) is 13.1 Å². The van der Waals surface area contributed by atoms with Crippen LogP contribution in [0.2, 0.25) is 0 Å². The van der Waals surface area contributed by atoms with Gasteiger partial charge in [0, 0.05) is 19.0 Å². The Morgan fingerprint density at radius 1 is 1.62 bits per heavy atom. The van der Waals surface area contributed by atoms with Gasteiger partial charge in [-0.3, -0.25) is 4.79 Å². The van der Waals surface area contributed by atoms with Gasteiger partial charge >= 0.3 is 0 Å². The molecule has 0 aromatic carbocycles. The number of nitrogens with zero attached hydrogens (tertiary/aromatic N) is 5. The zero-order valence-electron chi connectivity index (χ0n) is 11.7. The van der Waals surface area contributed by atoms with Crippen molar-refractivity contribution in [1.29, 1.82) is 0 Å². The van der Waals surface area contributed by atoms with Gasteiger partial charge in [0.05, 0.1) is 12.4 Å². The first-order valence-corrected chi connectivity index (χ1v) is 6.91. The Balaban J connectivity index is 1.61. The molecule has 0 saturated carbocycles. The van der Waals surface area contributed by atoms with Gasteiger partial charge in [0.15, 0.2) is 5.76 Å². The molecular weight excluding hydrogens is 274 g/mol. The summed E-state index contributed by atoms with van der Waals surface area (Å²) in [4.78, 5) is 15.2. The van der Waals surface area contributed by atoms with Gasteiger partial charge in [-0.2, -0.15) is 4.80 Å². The zero-order valence-corrected chi connectivity index (χ0v) is 11.7. The van der Waals surface area contributed by atoms with Crippen molar-refractivity contribution in [2.45, 2.75) is 26.0 Å².